The van der Waals surface area contributed by atoms with Crippen molar-refractivity contribution in [1.82, 2.24) is 19.6 Å². The highest BCUT2D eigenvalue weighted by Gasteiger charge is 2.37. The number of aromatic nitrogens is 2. The number of thioether (sulfide) groups is 1. The van der Waals surface area contributed by atoms with Crippen LogP contribution in [0.2, 0.25) is 0 Å². The van der Waals surface area contributed by atoms with Crippen LogP contribution in [0.15, 0.2) is 23.1 Å². The van der Waals surface area contributed by atoms with Crippen LogP contribution in [0.25, 0.3) is 0 Å². The summed E-state index contributed by atoms with van der Waals surface area (Å²) in [5.41, 5.74) is -0.318. The molecule has 2 aliphatic heterocycles. The van der Waals surface area contributed by atoms with Gasteiger partial charge in [0.1, 0.15) is 6.54 Å². The van der Waals surface area contributed by atoms with Crippen LogP contribution < -0.4 is 5.56 Å². The summed E-state index contributed by atoms with van der Waals surface area (Å²) in [5.74, 6) is -0.122. The summed E-state index contributed by atoms with van der Waals surface area (Å²) >= 11 is 1.03. The first kappa shape index (κ1) is 15.7. The molecule has 3 amide bonds. The van der Waals surface area contributed by atoms with Gasteiger partial charge in [0.2, 0.25) is 11.8 Å². The Morgan fingerprint density at radius 2 is 2.00 bits per heavy atom. The first-order chi connectivity index (χ1) is 11.1. The number of likely N-dealkylation sites (tertiary alicyclic amines) is 1. The third kappa shape index (κ3) is 3.29. The van der Waals surface area contributed by atoms with E-state index in [2.05, 4.69) is 5.10 Å². The number of nitrogens with zero attached hydrogens (tertiary/aromatic N) is 4. The van der Waals surface area contributed by atoms with E-state index in [9.17, 15) is 19.2 Å². The molecule has 2 saturated heterocycles. The fourth-order valence-corrected chi connectivity index (χ4v) is 3.60. The van der Waals surface area contributed by atoms with E-state index in [-0.39, 0.29) is 41.0 Å². The zero-order valence-electron chi connectivity index (χ0n) is 12.4. The van der Waals surface area contributed by atoms with E-state index in [1.807, 2.05) is 0 Å². The lowest BCUT2D eigenvalue weighted by molar-refractivity contribution is -0.134. The quantitative estimate of drug-likeness (QED) is 0.767. The molecular weight excluding hydrogens is 320 g/mol. The van der Waals surface area contributed by atoms with Gasteiger partial charge in [-0.2, -0.15) is 5.10 Å². The lowest BCUT2D eigenvalue weighted by Gasteiger charge is -2.35. The molecule has 0 saturated carbocycles. The van der Waals surface area contributed by atoms with Crippen molar-refractivity contribution in [2.75, 3.05) is 18.8 Å². The number of piperidine rings is 1. The zero-order valence-corrected chi connectivity index (χ0v) is 13.2. The Morgan fingerprint density at radius 3 is 2.61 bits per heavy atom. The van der Waals surface area contributed by atoms with Gasteiger partial charge in [-0.15, -0.1) is 0 Å². The van der Waals surface area contributed by atoms with Crippen LogP contribution in [-0.4, -0.2) is 61.5 Å². The van der Waals surface area contributed by atoms with Gasteiger partial charge < -0.3 is 4.90 Å². The SMILES string of the molecule is O=C(Cn1ncccc1=O)N1CCC(N2C(=O)CSC2=O)CC1. The molecule has 0 aromatic carbocycles. The number of amides is 3. The lowest BCUT2D eigenvalue weighted by atomic mass is 10.0. The van der Waals surface area contributed by atoms with Crippen molar-refractivity contribution < 1.29 is 14.4 Å². The standard InChI is InChI=1S/C14H16N4O4S/c19-11-2-1-5-15-17(11)8-12(20)16-6-3-10(4-7-16)18-13(21)9-23-14(18)22/h1-2,5,10H,3-4,6-9H2. The normalized spacial score (nSPS) is 19.5. The van der Waals surface area contributed by atoms with Crippen molar-refractivity contribution in [3.8, 4) is 0 Å². The maximum atomic E-state index is 12.3. The molecule has 0 aliphatic carbocycles. The van der Waals surface area contributed by atoms with Crippen molar-refractivity contribution in [2.24, 2.45) is 0 Å². The highest BCUT2D eigenvalue weighted by atomic mass is 32.2. The molecule has 122 valence electrons. The second-order valence-electron chi connectivity index (χ2n) is 5.45. The lowest BCUT2D eigenvalue weighted by Crippen LogP contribution is -2.49. The van der Waals surface area contributed by atoms with Crippen LogP contribution in [0.4, 0.5) is 4.79 Å². The number of rotatable bonds is 3. The van der Waals surface area contributed by atoms with E-state index in [0.29, 0.717) is 25.9 Å². The molecule has 23 heavy (non-hydrogen) atoms. The minimum atomic E-state index is -0.318. The number of imide groups is 1. The minimum Gasteiger partial charge on any atom is -0.341 e. The summed E-state index contributed by atoms with van der Waals surface area (Å²) in [5, 5.41) is 3.67. The third-order valence-electron chi connectivity index (χ3n) is 4.04. The highest BCUT2D eigenvalue weighted by Crippen LogP contribution is 2.26. The summed E-state index contributed by atoms with van der Waals surface area (Å²) in [7, 11) is 0. The van der Waals surface area contributed by atoms with Crippen molar-refractivity contribution in [2.45, 2.75) is 25.4 Å². The van der Waals surface area contributed by atoms with E-state index >= 15 is 0 Å². The van der Waals surface area contributed by atoms with Gasteiger partial charge in [0, 0.05) is 31.4 Å². The van der Waals surface area contributed by atoms with Crippen LogP contribution in [0.5, 0.6) is 0 Å². The second kappa shape index (κ2) is 6.53. The Bertz CT molecular complexity index is 680. The minimum absolute atomic E-state index is 0.0955. The molecular formula is C14H16N4O4S. The van der Waals surface area contributed by atoms with Gasteiger partial charge in [0.15, 0.2) is 0 Å². The maximum absolute atomic E-state index is 12.3. The molecule has 3 heterocycles. The predicted octanol–water partition coefficient (Wildman–Crippen LogP) is -0.0703. The second-order valence-corrected chi connectivity index (χ2v) is 6.38. The third-order valence-corrected chi connectivity index (χ3v) is 4.87. The summed E-state index contributed by atoms with van der Waals surface area (Å²) in [4.78, 5) is 50.3. The summed E-state index contributed by atoms with van der Waals surface area (Å²) in [6.45, 7) is 0.835. The number of carbonyl (C=O) groups is 3. The summed E-state index contributed by atoms with van der Waals surface area (Å²) in [6.07, 6.45) is 2.60. The van der Waals surface area contributed by atoms with Crippen molar-refractivity contribution in [3.63, 3.8) is 0 Å². The predicted molar refractivity (Wildman–Crippen MR) is 82.8 cm³/mol. The van der Waals surface area contributed by atoms with Crippen molar-refractivity contribution >= 4 is 28.8 Å². The molecule has 8 nitrogen and oxygen atoms in total. The molecule has 3 rings (SSSR count). The Labute approximate surface area is 136 Å². The topological polar surface area (TPSA) is 92.6 Å². The molecule has 0 atom stereocenters. The number of carbonyl (C=O) groups excluding carboxylic acids is 3. The first-order valence-corrected chi connectivity index (χ1v) is 8.33. The molecule has 2 fully saturated rings. The zero-order chi connectivity index (χ0) is 16.4. The van der Waals surface area contributed by atoms with Gasteiger partial charge in [0.25, 0.3) is 10.8 Å². The Kier molecular flexibility index (Phi) is 4.46. The van der Waals surface area contributed by atoms with E-state index in [0.717, 1.165) is 16.4 Å². The average Bonchev–Trinajstić information content (AvgIpc) is 2.88. The van der Waals surface area contributed by atoms with E-state index in [4.69, 9.17) is 0 Å². The fraction of sp³-hybridized carbons (Fsp3) is 0.500. The van der Waals surface area contributed by atoms with Gasteiger partial charge >= 0.3 is 0 Å². The molecule has 0 bridgehead atoms. The van der Waals surface area contributed by atoms with E-state index in [1.165, 1.54) is 23.2 Å². The average molecular weight is 336 g/mol. The van der Waals surface area contributed by atoms with Crippen LogP contribution in [0.3, 0.4) is 0 Å². The van der Waals surface area contributed by atoms with E-state index < -0.39 is 0 Å². The first-order valence-electron chi connectivity index (χ1n) is 7.35. The van der Waals surface area contributed by atoms with Gasteiger partial charge in [-0.05, 0) is 18.9 Å². The maximum Gasteiger partial charge on any atom is 0.289 e. The number of hydrogen-bond donors (Lipinski definition) is 0. The fourth-order valence-electron chi connectivity index (χ4n) is 2.82. The van der Waals surface area contributed by atoms with Gasteiger partial charge in [0.05, 0.1) is 5.75 Å². The van der Waals surface area contributed by atoms with Crippen molar-refractivity contribution in [1.29, 1.82) is 0 Å². The largest absolute Gasteiger partial charge is 0.341 e. The molecule has 1 aromatic heterocycles. The molecule has 9 heteroatoms. The van der Waals surface area contributed by atoms with Crippen molar-refractivity contribution in [3.05, 3.63) is 28.7 Å². The molecule has 0 spiro atoms. The summed E-state index contributed by atoms with van der Waals surface area (Å²) < 4.78 is 1.12. The molecule has 0 radical (unpaired) electrons. The van der Waals surface area contributed by atoms with Crippen LogP contribution >= 0.6 is 11.8 Å². The Balaban J connectivity index is 1.57. The smallest absolute Gasteiger partial charge is 0.289 e. The van der Waals surface area contributed by atoms with Gasteiger partial charge in [-0.3, -0.25) is 24.1 Å². The van der Waals surface area contributed by atoms with Gasteiger partial charge in [-0.1, -0.05) is 11.8 Å². The molecule has 2 aliphatic rings. The Morgan fingerprint density at radius 1 is 1.26 bits per heavy atom. The van der Waals surface area contributed by atoms with Crippen LogP contribution in [0.1, 0.15) is 12.8 Å². The molecule has 0 N–H and O–H groups in total. The monoisotopic (exact) mass is 336 g/mol. The van der Waals surface area contributed by atoms with Gasteiger partial charge in [-0.25, -0.2) is 4.68 Å². The van der Waals surface area contributed by atoms with Crippen LogP contribution in [-0.2, 0) is 16.1 Å². The molecule has 0 unspecified atom stereocenters. The van der Waals surface area contributed by atoms with Crippen LogP contribution in [0, 0.1) is 0 Å². The molecule has 1 aromatic rings. The number of hydrogen-bond acceptors (Lipinski definition) is 6. The highest BCUT2D eigenvalue weighted by molar-refractivity contribution is 8.14. The van der Waals surface area contributed by atoms with E-state index in [1.54, 1.807) is 4.90 Å². The summed E-state index contributed by atoms with van der Waals surface area (Å²) in [6, 6.07) is 2.75. The Hall–Kier alpha value is -2.16.